The molecule has 220 valence electrons. The van der Waals surface area contributed by atoms with Gasteiger partial charge in [0.2, 0.25) is 11.8 Å². The molecule has 11 heteroatoms. The molecular weight excluding hydrogens is 496 g/mol. The van der Waals surface area contributed by atoms with E-state index in [1.54, 1.807) is 40.1 Å². The van der Waals surface area contributed by atoms with Gasteiger partial charge >= 0.3 is 0 Å². The van der Waals surface area contributed by atoms with Gasteiger partial charge in [0.1, 0.15) is 12.6 Å². The largest absolute Gasteiger partial charge is 0.397 e. The molecule has 0 radical (unpaired) electrons. The van der Waals surface area contributed by atoms with Gasteiger partial charge < -0.3 is 29.6 Å². The normalized spacial score (nSPS) is 14.0. The number of likely N-dealkylation sites (N-methyl/N-ethyl adjacent to an activating group) is 2. The van der Waals surface area contributed by atoms with Crippen LogP contribution in [0.25, 0.3) is 0 Å². The first-order valence-electron chi connectivity index (χ1n) is 12.7. The number of carbonyl (C=O) groups excluding carboxylic acids is 4. The number of hydrogen-bond acceptors (Lipinski definition) is 9. The second-order valence-electron chi connectivity index (χ2n) is 10.2. The summed E-state index contributed by atoms with van der Waals surface area (Å²) in [5.41, 5.74) is 0. The Hall–Kier alpha value is -1.53. The molecule has 1 rings (SSSR count). The van der Waals surface area contributed by atoms with Gasteiger partial charge in [-0.15, -0.1) is 0 Å². The number of aliphatic hydroxyl groups excluding tert-OH is 1. The number of hydrogen-bond donors (Lipinski definition) is 3. The Labute approximate surface area is 229 Å². The number of nitrogens with zero attached hydrogens (tertiary/aromatic N) is 2. The number of ether oxygens (including phenoxy) is 1. The van der Waals surface area contributed by atoms with Crippen LogP contribution in [0, 0.1) is 11.8 Å². The van der Waals surface area contributed by atoms with Crippen LogP contribution in [-0.4, -0.2) is 111 Å². The molecule has 1 saturated carbocycles. The molecule has 0 aromatic rings. The third-order valence-electron chi connectivity index (χ3n) is 4.69. The third kappa shape index (κ3) is 24.6. The number of aldehydes is 2. The van der Waals surface area contributed by atoms with Gasteiger partial charge in [-0.05, 0) is 66.5 Å². The molecule has 0 aromatic carbocycles. The Balaban J connectivity index is -0.000000532. The van der Waals surface area contributed by atoms with Crippen molar-refractivity contribution in [2.24, 2.45) is 11.8 Å². The van der Waals surface area contributed by atoms with Crippen molar-refractivity contribution in [1.29, 1.82) is 0 Å². The smallest absolute Gasteiger partial charge is 0.237 e. The van der Waals surface area contributed by atoms with Gasteiger partial charge in [-0.1, -0.05) is 25.8 Å². The lowest BCUT2D eigenvalue weighted by Gasteiger charge is -2.26. The molecule has 1 unspecified atom stereocenters. The molecule has 0 aliphatic heterocycles. The van der Waals surface area contributed by atoms with Crippen molar-refractivity contribution in [2.75, 3.05) is 55.1 Å². The van der Waals surface area contributed by atoms with Crippen molar-refractivity contribution in [3.8, 4) is 0 Å². The first-order valence-corrected chi connectivity index (χ1v) is 13.5. The Morgan fingerprint density at radius 3 is 1.92 bits per heavy atom. The molecule has 1 aliphatic rings. The number of aliphatic hydroxyl groups is 1. The van der Waals surface area contributed by atoms with Crippen molar-refractivity contribution in [2.45, 2.75) is 77.6 Å². The van der Waals surface area contributed by atoms with E-state index in [2.05, 4.69) is 35.5 Å². The van der Waals surface area contributed by atoms with Gasteiger partial charge in [-0.2, -0.15) is 0 Å². The zero-order valence-electron chi connectivity index (χ0n) is 25.0. The topological polar surface area (TPSA) is 128 Å². The van der Waals surface area contributed by atoms with Crippen molar-refractivity contribution >= 4 is 36.3 Å². The summed E-state index contributed by atoms with van der Waals surface area (Å²) >= 11 is 1.69. The lowest BCUT2D eigenvalue weighted by atomic mass is 10.0. The average Bonchev–Trinajstić information content (AvgIpc) is 3.61. The van der Waals surface area contributed by atoms with Crippen LogP contribution in [0.1, 0.15) is 60.8 Å². The number of amides is 2. The van der Waals surface area contributed by atoms with Gasteiger partial charge in [0.05, 0.1) is 19.1 Å². The van der Waals surface area contributed by atoms with Crippen molar-refractivity contribution in [3.63, 3.8) is 0 Å². The highest BCUT2D eigenvalue weighted by Crippen LogP contribution is 2.36. The predicted octanol–water partition coefficient (Wildman–Crippen LogP) is 2.00. The summed E-state index contributed by atoms with van der Waals surface area (Å²) in [6, 6.07) is 0.0655. The highest BCUT2D eigenvalue weighted by molar-refractivity contribution is 7.98. The van der Waals surface area contributed by atoms with Gasteiger partial charge in [0, 0.05) is 45.1 Å². The Kier molecular flexibility index (Phi) is 25.5. The fourth-order valence-electron chi connectivity index (χ4n) is 2.99. The zero-order valence-corrected chi connectivity index (χ0v) is 25.8. The molecule has 2 amide bonds. The first kappa shape index (κ1) is 40.0. The maximum atomic E-state index is 11.9. The first-order chi connectivity index (χ1) is 17.2. The van der Waals surface area contributed by atoms with Crippen LogP contribution in [0.2, 0.25) is 0 Å². The molecule has 0 aromatic heterocycles. The molecule has 37 heavy (non-hydrogen) atoms. The van der Waals surface area contributed by atoms with Gasteiger partial charge in [0.15, 0.2) is 0 Å². The van der Waals surface area contributed by atoms with E-state index in [1.807, 2.05) is 32.8 Å². The standard InChI is InChI=1S/C13H24N2O2S.C9H18N2O2.2C2H6O/c1-13(2,3)18-14-11(10-5-6-10)9-12(17)15(4)7-8-16;1-7(2)8(11(3)4)9(13)10-5-6-12;1-3-2;1-2-3/h8,10-11,14H,5-7,9H2,1-4H3;6-8H,5H2,1-4H3,(H,10,13);1-2H3;3H,2H2,1H3/t11-;;;/m0.../s1. The summed E-state index contributed by atoms with van der Waals surface area (Å²) in [5, 5.41) is 10.1. The molecule has 0 spiro atoms. The van der Waals surface area contributed by atoms with E-state index in [-0.39, 0.29) is 54.3 Å². The Morgan fingerprint density at radius 2 is 1.59 bits per heavy atom. The van der Waals surface area contributed by atoms with E-state index < -0.39 is 0 Å². The van der Waals surface area contributed by atoms with Crippen LogP contribution in [-0.2, 0) is 23.9 Å². The lowest BCUT2D eigenvalue weighted by molar-refractivity contribution is -0.132. The average molecular weight is 551 g/mol. The van der Waals surface area contributed by atoms with E-state index in [9.17, 15) is 19.2 Å². The van der Waals surface area contributed by atoms with Crippen LogP contribution < -0.4 is 10.0 Å². The van der Waals surface area contributed by atoms with E-state index in [0.29, 0.717) is 18.6 Å². The fraction of sp³-hybridized carbons (Fsp3) is 0.846. The van der Waals surface area contributed by atoms with Crippen molar-refractivity contribution < 1.29 is 29.0 Å². The minimum Gasteiger partial charge on any atom is -0.397 e. The number of carbonyl (C=O) groups is 4. The highest BCUT2D eigenvalue weighted by atomic mass is 32.2. The Morgan fingerprint density at radius 1 is 1.11 bits per heavy atom. The number of methoxy groups -OCH3 is 1. The second kappa shape index (κ2) is 23.6. The highest BCUT2D eigenvalue weighted by Gasteiger charge is 2.34. The second-order valence-corrected chi connectivity index (χ2v) is 11.9. The monoisotopic (exact) mass is 550 g/mol. The SMILES string of the molecule is CC(C)C(C(=O)NCC=O)N(C)C.CCO.CN(CC=O)C(=O)C[C@H](NSC(C)(C)C)C1CC1.COC. The molecule has 0 heterocycles. The summed E-state index contributed by atoms with van der Waals surface area (Å²) in [4.78, 5) is 47.2. The van der Waals surface area contributed by atoms with Crippen LogP contribution >= 0.6 is 11.9 Å². The minimum absolute atomic E-state index is 0.0426. The third-order valence-corrected chi connectivity index (χ3v) is 5.73. The molecule has 0 bridgehead atoms. The summed E-state index contributed by atoms with van der Waals surface area (Å²) < 4.78 is 7.82. The summed E-state index contributed by atoms with van der Waals surface area (Å²) in [5.74, 6) is 0.809. The van der Waals surface area contributed by atoms with Gasteiger partial charge in [-0.3, -0.25) is 19.2 Å². The van der Waals surface area contributed by atoms with Crippen LogP contribution in [0.5, 0.6) is 0 Å². The molecule has 1 fully saturated rings. The van der Waals surface area contributed by atoms with E-state index in [1.165, 1.54) is 17.7 Å². The van der Waals surface area contributed by atoms with E-state index in [4.69, 9.17) is 5.11 Å². The van der Waals surface area contributed by atoms with Gasteiger partial charge in [0.25, 0.3) is 0 Å². The maximum absolute atomic E-state index is 11.9. The minimum atomic E-state index is -0.167. The summed E-state index contributed by atoms with van der Waals surface area (Å²) in [6.07, 6.45) is 4.34. The summed E-state index contributed by atoms with van der Waals surface area (Å²) in [6.45, 7) is 12.6. The predicted molar refractivity (Wildman–Crippen MR) is 152 cm³/mol. The quantitative estimate of drug-likeness (QED) is 0.247. The molecule has 1 aliphatic carbocycles. The molecule has 2 atom stereocenters. The Bertz CT molecular complexity index is 600. The number of nitrogens with one attached hydrogen (secondary N) is 2. The van der Waals surface area contributed by atoms with Crippen LogP contribution in [0.15, 0.2) is 0 Å². The van der Waals surface area contributed by atoms with Crippen molar-refractivity contribution in [3.05, 3.63) is 0 Å². The lowest BCUT2D eigenvalue weighted by Crippen LogP contribution is -2.47. The van der Waals surface area contributed by atoms with Crippen LogP contribution in [0.4, 0.5) is 0 Å². The summed E-state index contributed by atoms with van der Waals surface area (Å²) in [7, 11) is 8.63. The maximum Gasteiger partial charge on any atom is 0.237 e. The zero-order chi connectivity index (χ0) is 29.6. The van der Waals surface area contributed by atoms with E-state index >= 15 is 0 Å². The molecule has 0 saturated heterocycles. The molecule has 10 nitrogen and oxygen atoms in total. The van der Waals surface area contributed by atoms with Crippen LogP contribution in [0.3, 0.4) is 0 Å². The van der Waals surface area contributed by atoms with E-state index in [0.717, 1.165) is 6.29 Å². The fourth-order valence-corrected chi connectivity index (χ4v) is 3.77. The van der Waals surface area contributed by atoms with Gasteiger partial charge in [-0.25, -0.2) is 0 Å². The number of rotatable bonds is 12. The molecular formula is C26H54N4O6S. The van der Waals surface area contributed by atoms with Crippen molar-refractivity contribution in [1.82, 2.24) is 19.8 Å². The molecule has 3 N–H and O–H groups in total.